The Balaban J connectivity index is 3.24. The van der Waals surface area contributed by atoms with Crippen LogP contribution in [0.3, 0.4) is 0 Å². The molecule has 0 aliphatic heterocycles. The Morgan fingerprint density at radius 3 is 2.69 bits per heavy atom. The van der Waals surface area contributed by atoms with Crippen LogP contribution in [0, 0.1) is 25.2 Å². The molecule has 0 unspecified atom stereocenters. The SMILES string of the molecule is Cc1nn(CC#N)c(C)c1C(=O)O. The van der Waals surface area contributed by atoms with Gasteiger partial charge in [0.25, 0.3) is 0 Å². The Bertz CT molecular complexity index is 387. The Kier molecular flexibility index (Phi) is 2.33. The van der Waals surface area contributed by atoms with Gasteiger partial charge in [-0.05, 0) is 13.8 Å². The lowest BCUT2D eigenvalue weighted by molar-refractivity contribution is 0.0695. The van der Waals surface area contributed by atoms with Gasteiger partial charge in [-0.3, -0.25) is 4.68 Å². The molecular formula is C8H9N3O2. The van der Waals surface area contributed by atoms with Gasteiger partial charge in [-0.25, -0.2) is 4.79 Å². The number of nitriles is 1. The van der Waals surface area contributed by atoms with Crippen molar-refractivity contribution in [3.8, 4) is 6.07 Å². The van der Waals surface area contributed by atoms with Gasteiger partial charge < -0.3 is 5.11 Å². The second-order valence-corrected chi connectivity index (χ2v) is 2.67. The molecule has 5 nitrogen and oxygen atoms in total. The van der Waals surface area contributed by atoms with E-state index in [1.807, 2.05) is 6.07 Å². The number of nitrogens with zero attached hydrogens (tertiary/aromatic N) is 3. The average Bonchev–Trinajstić information content (AvgIpc) is 2.28. The maximum atomic E-state index is 10.7. The molecular weight excluding hydrogens is 170 g/mol. The standard InChI is InChI=1S/C8H9N3O2/c1-5-7(8(12)13)6(2)11(10-5)4-3-9/h4H2,1-2H3,(H,12,13). The van der Waals surface area contributed by atoms with E-state index in [2.05, 4.69) is 5.10 Å². The van der Waals surface area contributed by atoms with E-state index in [-0.39, 0.29) is 12.1 Å². The Hall–Kier alpha value is -1.83. The van der Waals surface area contributed by atoms with Crippen molar-refractivity contribution in [1.82, 2.24) is 9.78 Å². The fraction of sp³-hybridized carbons (Fsp3) is 0.375. The number of hydrogen-bond acceptors (Lipinski definition) is 3. The van der Waals surface area contributed by atoms with Gasteiger partial charge in [0.1, 0.15) is 12.1 Å². The van der Waals surface area contributed by atoms with Gasteiger partial charge in [0, 0.05) is 0 Å². The summed E-state index contributed by atoms with van der Waals surface area (Å²) in [5, 5.41) is 21.2. The summed E-state index contributed by atoms with van der Waals surface area (Å²) in [4.78, 5) is 10.7. The molecule has 0 radical (unpaired) electrons. The van der Waals surface area contributed by atoms with Crippen LogP contribution in [0.15, 0.2) is 0 Å². The van der Waals surface area contributed by atoms with Gasteiger partial charge in [-0.15, -0.1) is 0 Å². The molecule has 68 valence electrons. The summed E-state index contributed by atoms with van der Waals surface area (Å²) >= 11 is 0. The van der Waals surface area contributed by atoms with Crippen molar-refractivity contribution in [3.63, 3.8) is 0 Å². The monoisotopic (exact) mass is 179 g/mol. The Morgan fingerprint density at radius 2 is 2.31 bits per heavy atom. The Morgan fingerprint density at radius 1 is 1.69 bits per heavy atom. The number of aromatic carboxylic acids is 1. The maximum Gasteiger partial charge on any atom is 0.339 e. The smallest absolute Gasteiger partial charge is 0.339 e. The summed E-state index contributed by atoms with van der Waals surface area (Å²) in [6.07, 6.45) is 0. The van der Waals surface area contributed by atoms with Crippen molar-refractivity contribution < 1.29 is 9.90 Å². The Labute approximate surface area is 75.2 Å². The summed E-state index contributed by atoms with van der Waals surface area (Å²) in [5.74, 6) is -1.00. The van der Waals surface area contributed by atoms with Crippen molar-refractivity contribution in [3.05, 3.63) is 17.0 Å². The number of aromatic nitrogens is 2. The molecule has 0 aliphatic rings. The summed E-state index contributed by atoms with van der Waals surface area (Å²) < 4.78 is 1.39. The first kappa shape index (κ1) is 9.26. The van der Waals surface area contributed by atoms with Crippen molar-refractivity contribution >= 4 is 5.97 Å². The summed E-state index contributed by atoms with van der Waals surface area (Å²) in [7, 11) is 0. The molecule has 0 spiro atoms. The van der Waals surface area contributed by atoms with Gasteiger partial charge in [-0.1, -0.05) is 0 Å². The van der Waals surface area contributed by atoms with Crippen LogP contribution in [0.5, 0.6) is 0 Å². The lowest BCUT2D eigenvalue weighted by atomic mass is 10.2. The van der Waals surface area contributed by atoms with Gasteiger partial charge in [0.2, 0.25) is 0 Å². The second kappa shape index (κ2) is 3.27. The predicted octanol–water partition coefficient (Wildman–Crippen LogP) is 0.722. The van der Waals surface area contributed by atoms with Crippen LogP contribution in [0.4, 0.5) is 0 Å². The first-order chi connectivity index (χ1) is 6.07. The van der Waals surface area contributed by atoms with Crippen molar-refractivity contribution in [1.29, 1.82) is 5.26 Å². The molecule has 0 bridgehead atoms. The van der Waals surface area contributed by atoms with Crippen LogP contribution in [0.1, 0.15) is 21.7 Å². The number of carboxylic acids is 1. The molecule has 1 N–H and O–H groups in total. The molecule has 0 saturated carbocycles. The van der Waals surface area contributed by atoms with Gasteiger partial charge >= 0.3 is 5.97 Å². The van der Waals surface area contributed by atoms with Crippen LogP contribution in [0.2, 0.25) is 0 Å². The average molecular weight is 179 g/mol. The molecule has 5 heteroatoms. The third-order valence-electron chi connectivity index (χ3n) is 1.82. The second-order valence-electron chi connectivity index (χ2n) is 2.67. The zero-order chi connectivity index (χ0) is 10.0. The van der Waals surface area contributed by atoms with Crippen molar-refractivity contribution in [2.75, 3.05) is 0 Å². The zero-order valence-electron chi connectivity index (χ0n) is 7.40. The fourth-order valence-electron chi connectivity index (χ4n) is 1.23. The number of carbonyl (C=O) groups is 1. The third-order valence-corrected chi connectivity index (χ3v) is 1.82. The highest BCUT2D eigenvalue weighted by atomic mass is 16.4. The van der Waals surface area contributed by atoms with E-state index >= 15 is 0 Å². The number of aryl methyl sites for hydroxylation is 1. The van der Waals surface area contributed by atoms with E-state index in [0.29, 0.717) is 11.4 Å². The molecule has 0 aliphatic carbocycles. The van der Waals surface area contributed by atoms with Gasteiger partial charge in [-0.2, -0.15) is 10.4 Å². The largest absolute Gasteiger partial charge is 0.478 e. The van der Waals surface area contributed by atoms with E-state index in [1.54, 1.807) is 13.8 Å². The third kappa shape index (κ3) is 1.51. The minimum absolute atomic E-state index is 0.0833. The van der Waals surface area contributed by atoms with Gasteiger partial charge in [0.15, 0.2) is 0 Å². The lowest BCUT2D eigenvalue weighted by Crippen LogP contribution is -2.03. The van der Waals surface area contributed by atoms with E-state index < -0.39 is 5.97 Å². The van der Waals surface area contributed by atoms with E-state index in [0.717, 1.165) is 0 Å². The normalized spacial score (nSPS) is 9.62. The van der Waals surface area contributed by atoms with Crippen LogP contribution < -0.4 is 0 Å². The lowest BCUT2D eigenvalue weighted by Gasteiger charge is -1.96. The number of hydrogen-bond donors (Lipinski definition) is 1. The number of rotatable bonds is 2. The minimum Gasteiger partial charge on any atom is -0.478 e. The first-order valence-corrected chi connectivity index (χ1v) is 3.72. The minimum atomic E-state index is -1.00. The maximum absolute atomic E-state index is 10.7. The fourth-order valence-corrected chi connectivity index (χ4v) is 1.23. The number of carboxylic acid groups (broad SMARTS) is 1. The predicted molar refractivity (Wildman–Crippen MR) is 44.3 cm³/mol. The van der Waals surface area contributed by atoms with Crippen LogP contribution in [-0.2, 0) is 6.54 Å². The molecule has 0 aromatic carbocycles. The highest BCUT2D eigenvalue weighted by Gasteiger charge is 2.16. The zero-order valence-corrected chi connectivity index (χ0v) is 7.40. The first-order valence-electron chi connectivity index (χ1n) is 3.72. The molecule has 1 aromatic rings. The van der Waals surface area contributed by atoms with Crippen LogP contribution in [-0.4, -0.2) is 20.9 Å². The van der Waals surface area contributed by atoms with Crippen molar-refractivity contribution in [2.24, 2.45) is 0 Å². The highest BCUT2D eigenvalue weighted by Crippen LogP contribution is 2.12. The summed E-state index contributed by atoms with van der Waals surface area (Å²) in [5.41, 5.74) is 1.15. The summed E-state index contributed by atoms with van der Waals surface area (Å²) in [6.45, 7) is 3.34. The molecule has 0 amide bonds. The van der Waals surface area contributed by atoms with E-state index in [4.69, 9.17) is 10.4 Å². The molecule has 0 atom stereocenters. The quantitative estimate of drug-likeness (QED) is 0.725. The molecule has 0 fully saturated rings. The van der Waals surface area contributed by atoms with E-state index in [1.165, 1.54) is 4.68 Å². The molecule has 13 heavy (non-hydrogen) atoms. The van der Waals surface area contributed by atoms with Gasteiger partial charge in [0.05, 0.1) is 17.5 Å². The van der Waals surface area contributed by atoms with Crippen molar-refractivity contribution in [2.45, 2.75) is 20.4 Å². The topological polar surface area (TPSA) is 78.9 Å². The van der Waals surface area contributed by atoms with E-state index in [9.17, 15) is 4.79 Å². The highest BCUT2D eigenvalue weighted by molar-refractivity contribution is 5.90. The molecule has 1 heterocycles. The van der Waals surface area contributed by atoms with Crippen LogP contribution >= 0.6 is 0 Å². The molecule has 1 aromatic heterocycles. The van der Waals surface area contributed by atoms with Crippen LogP contribution in [0.25, 0.3) is 0 Å². The molecule has 0 saturated heterocycles. The molecule has 1 rings (SSSR count). The summed E-state index contributed by atoms with van der Waals surface area (Å²) in [6, 6.07) is 1.91.